The van der Waals surface area contributed by atoms with Crippen molar-refractivity contribution in [2.75, 3.05) is 13.7 Å². The maximum atomic E-state index is 12.7. The van der Waals surface area contributed by atoms with Crippen LogP contribution < -0.4 is 14.8 Å². The van der Waals surface area contributed by atoms with Crippen molar-refractivity contribution in [1.82, 2.24) is 14.9 Å². The molecule has 1 unspecified atom stereocenters. The van der Waals surface area contributed by atoms with E-state index in [0.717, 1.165) is 28.5 Å². The monoisotopic (exact) mass is 393 g/mol. The van der Waals surface area contributed by atoms with Gasteiger partial charge in [0.05, 0.1) is 20.1 Å². The van der Waals surface area contributed by atoms with Gasteiger partial charge in [-0.25, -0.2) is 4.98 Å². The van der Waals surface area contributed by atoms with Gasteiger partial charge >= 0.3 is 0 Å². The second-order valence-corrected chi connectivity index (χ2v) is 7.04. The highest BCUT2D eigenvalue weighted by atomic mass is 16.5. The Morgan fingerprint density at radius 1 is 1.21 bits per heavy atom. The molecule has 3 rings (SSSR count). The van der Waals surface area contributed by atoms with Crippen LogP contribution in [0.5, 0.6) is 11.5 Å². The summed E-state index contributed by atoms with van der Waals surface area (Å²) in [5.41, 5.74) is 3.15. The standard InChI is InChI=1S/C23H27N3O3/c1-16-8-9-20(17(2)14-16)29-13-10-21(27)25-22(23-24-11-12-26(23)3)18-6-5-7-19(15-18)28-4/h5-9,11-12,14-15,22H,10,13H2,1-4H3,(H,25,27). The Labute approximate surface area is 171 Å². The molecular weight excluding hydrogens is 366 g/mol. The predicted molar refractivity (Wildman–Crippen MR) is 112 cm³/mol. The molecule has 0 aliphatic heterocycles. The molecule has 1 N–H and O–H groups in total. The summed E-state index contributed by atoms with van der Waals surface area (Å²) < 4.78 is 13.0. The van der Waals surface area contributed by atoms with Gasteiger partial charge in [-0.2, -0.15) is 0 Å². The number of hydrogen-bond acceptors (Lipinski definition) is 4. The number of carbonyl (C=O) groups excluding carboxylic acids is 1. The molecular formula is C23H27N3O3. The average Bonchev–Trinajstić information content (AvgIpc) is 3.13. The molecule has 0 saturated heterocycles. The SMILES string of the molecule is COc1cccc(C(NC(=O)CCOc2ccc(C)cc2C)c2nccn2C)c1. The molecule has 1 aromatic heterocycles. The van der Waals surface area contributed by atoms with Crippen LogP contribution in [0.2, 0.25) is 0 Å². The number of methoxy groups -OCH3 is 1. The third-order valence-corrected chi connectivity index (χ3v) is 4.77. The summed E-state index contributed by atoms with van der Waals surface area (Å²) in [4.78, 5) is 17.1. The van der Waals surface area contributed by atoms with Crippen LogP contribution in [-0.2, 0) is 11.8 Å². The summed E-state index contributed by atoms with van der Waals surface area (Å²) in [6.45, 7) is 4.35. The van der Waals surface area contributed by atoms with E-state index in [4.69, 9.17) is 9.47 Å². The number of ether oxygens (including phenoxy) is 2. The molecule has 0 aliphatic rings. The third kappa shape index (κ3) is 5.16. The van der Waals surface area contributed by atoms with E-state index in [2.05, 4.69) is 16.4 Å². The molecule has 1 amide bonds. The summed E-state index contributed by atoms with van der Waals surface area (Å²) in [7, 11) is 3.53. The smallest absolute Gasteiger partial charge is 0.224 e. The first-order valence-electron chi connectivity index (χ1n) is 9.58. The minimum Gasteiger partial charge on any atom is -0.497 e. The molecule has 0 spiro atoms. The molecule has 6 nitrogen and oxygen atoms in total. The van der Waals surface area contributed by atoms with Gasteiger partial charge in [-0.05, 0) is 43.2 Å². The lowest BCUT2D eigenvalue weighted by atomic mass is 10.1. The zero-order chi connectivity index (χ0) is 20.8. The third-order valence-electron chi connectivity index (χ3n) is 4.77. The number of hydrogen-bond donors (Lipinski definition) is 1. The fourth-order valence-corrected chi connectivity index (χ4v) is 3.22. The van der Waals surface area contributed by atoms with Crippen LogP contribution in [0.15, 0.2) is 54.9 Å². The number of benzene rings is 2. The largest absolute Gasteiger partial charge is 0.497 e. The van der Waals surface area contributed by atoms with Crippen molar-refractivity contribution in [3.8, 4) is 11.5 Å². The molecule has 1 heterocycles. The number of aromatic nitrogens is 2. The summed E-state index contributed by atoms with van der Waals surface area (Å²) in [5, 5.41) is 3.08. The Kier molecular flexibility index (Phi) is 6.54. The van der Waals surface area contributed by atoms with Crippen molar-refractivity contribution in [2.24, 2.45) is 7.05 Å². The molecule has 0 radical (unpaired) electrons. The minimum absolute atomic E-state index is 0.106. The first kappa shape index (κ1) is 20.5. The van der Waals surface area contributed by atoms with Gasteiger partial charge in [0.2, 0.25) is 5.91 Å². The van der Waals surface area contributed by atoms with Crippen molar-refractivity contribution in [2.45, 2.75) is 26.3 Å². The van der Waals surface area contributed by atoms with Crippen LogP contribution in [0.3, 0.4) is 0 Å². The van der Waals surface area contributed by atoms with Crippen molar-refractivity contribution in [3.05, 3.63) is 77.4 Å². The van der Waals surface area contributed by atoms with Crippen LogP contribution in [0.1, 0.15) is 35.0 Å². The fourth-order valence-electron chi connectivity index (χ4n) is 3.22. The van der Waals surface area contributed by atoms with Gasteiger partial charge < -0.3 is 19.4 Å². The van der Waals surface area contributed by atoms with Crippen molar-refractivity contribution in [1.29, 1.82) is 0 Å². The fraction of sp³-hybridized carbons (Fsp3) is 0.304. The highest BCUT2D eigenvalue weighted by Gasteiger charge is 2.21. The predicted octanol–water partition coefficient (Wildman–Crippen LogP) is 3.72. The Hall–Kier alpha value is -3.28. The molecule has 1 atom stereocenters. The van der Waals surface area contributed by atoms with Gasteiger partial charge in [-0.1, -0.05) is 29.8 Å². The second kappa shape index (κ2) is 9.28. The van der Waals surface area contributed by atoms with Gasteiger partial charge in [0, 0.05) is 19.4 Å². The highest BCUT2D eigenvalue weighted by Crippen LogP contribution is 2.24. The average molecular weight is 393 g/mol. The molecule has 6 heteroatoms. The first-order chi connectivity index (χ1) is 14.0. The zero-order valence-corrected chi connectivity index (χ0v) is 17.3. The molecule has 3 aromatic rings. The van der Waals surface area contributed by atoms with E-state index in [0.29, 0.717) is 6.61 Å². The summed E-state index contributed by atoms with van der Waals surface area (Å²) in [6, 6.07) is 13.3. The zero-order valence-electron chi connectivity index (χ0n) is 17.3. The summed E-state index contributed by atoms with van der Waals surface area (Å²) >= 11 is 0. The van der Waals surface area contributed by atoms with Crippen molar-refractivity contribution in [3.63, 3.8) is 0 Å². The van der Waals surface area contributed by atoms with Gasteiger partial charge in [0.25, 0.3) is 0 Å². The van der Waals surface area contributed by atoms with Crippen molar-refractivity contribution >= 4 is 5.91 Å². The lowest BCUT2D eigenvalue weighted by Crippen LogP contribution is -2.32. The van der Waals surface area contributed by atoms with Crippen LogP contribution >= 0.6 is 0 Å². The molecule has 0 aliphatic carbocycles. The van der Waals surface area contributed by atoms with Gasteiger partial charge in [-0.3, -0.25) is 4.79 Å². The van der Waals surface area contributed by atoms with Crippen LogP contribution in [0.25, 0.3) is 0 Å². The van der Waals surface area contributed by atoms with E-state index < -0.39 is 0 Å². The molecule has 0 bridgehead atoms. The molecule has 152 valence electrons. The Balaban J connectivity index is 1.69. The maximum absolute atomic E-state index is 12.7. The van der Waals surface area contributed by atoms with Gasteiger partial charge in [-0.15, -0.1) is 0 Å². The number of nitrogens with one attached hydrogen (secondary N) is 1. The van der Waals surface area contributed by atoms with E-state index >= 15 is 0 Å². The van der Waals surface area contributed by atoms with Gasteiger partial charge in [0.15, 0.2) is 0 Å². The highest BCUT2D eigenvalue weighted by molar-refractivity contribution is 5.77. The van der Waals surface area contributed by atoms with E-state index in [1.54, 1.807) is 13.3 Å². The molecule has 2 aromatic carbocycles. The first-order valence-corrected chi connectivity index (χ1v) is 9.58. The van der Waals surface area contributed by atoms with Crippen molar-refractivity contribution < 1.29 is 14.3 Å². The van der Waals surface area contributed by atoms with Gasteiger partial charge in [0.1, 0.15) is 23.4 Å². The lowest BCUT2D eigenvalue weighted by molar-refractivity contribution is -0.122. The minimum atomic E-state index is -0.376. The summed E-state index contributed by atoms with van der Waals surface area (Å²) in [6.07, 6.45) is 3.83. The number of amides is 1. The van der Waals surface area contributed by atoms with Crippen LogP contribution in [0, 0.1) is 13.8 Å². The Morgan fingerprint density at radius 3 is 2.72 bits per heavy atom. The maximum Gasteiger partial charge on any atom is 0.224 e. The van der Waals surface area contributed by atoms with E-state index in [1.165, 1.54) is 5.56 Å². The second-order valence-electron chi connectivity index (χ2n) is 7.04. The number of carbonyl (C=O) groups is 1. The van der Waals surface area contributed by atoms with E-state index in [1.807, 2.05) is 68.1 Å². The normalized spacial score (nSPS) is 11.7. The number of imidazole rings is 1. The van der Waals surface area contributed by atoms with E-state index in [9.17, 15) is 4.79 Å². The Bertz CT molecular complexity index is 981. The number of rotatable bonds is 8. The molecule has 0 fully saturated rings. The quantitative estimate of drug-likeness (QED) is 0.633. The number of nitrogens with zero attached hydrogens (tertiary/aromatic N) is 2. The molecule has 29 heavy (non-hydrogen) atoms. The number of aryl methyl sites for hydroxylation is 3. The van der Waals surface area contributed by atoms with E-state index in [-0.39, 0.29) is 18.4 Å². The lowest BCUT2D eigenvalue weighted by Gasteiger charge is -2.20. The van der Waals surface area contributed by atoms with Crippen LogP contribution in [-0.4, -0.2) is 29.2 Å². The summed E-state index contributed by atoms with van der Waals surface area (Å²) in [5.74, 6) is 2.18. The van der Waals surface area contributed by atoms with Crippen LogP contribution in [0.4, 0.5) is 0 Å². The topological polar surface area (TPSA) is 65.4 Å². The Morgan fingerprint density at radius 2 is 2.03 bits per heavy atom. The molecule has 0 saturated carbocycles.